The second-order valence-electron chi connectivity index (χ2n) is 5.82. The molecule has 0 rings (SSSR count). The van der Waals surface area contributed by atoms with Crippen molar-refractivity contribution < 1.29 is 30.7 Å². The number of nitriles is 1. The SMILES string of the molecule is CC.CC(C)N(C(C)C)P(OCCC#N)OCC(COOI)OC([Se][Ba])C(F)F. The van der Waals surface area contributed by atoms with Crippen LogP contribution in [0.2, 0.25) is 0 Å². The van der Waals surface area contributed by atoms with Crippen LogP contribution >= 0.6 is 31.5 Å². The van der Waals surface area contributed by atoms with Crippen LogP contribution in [0.3, 0.4) is 0 Å². The minimum atomic E-state index is -2.53. The third-order valence-corrected chi connectivity index (χ3v) is 12.1. The first-order chi connectivity index (χ1) is 13.8. The van der Waals surface area contributed by atoms with Crippen LogP contribution in [0.4, 0.5) is 8.78 Å². The summed E-state index contributed by atoms with van der Waals surface area (Å²) < 4.78 is 50.0. The van der Waals surface area contributed by atoms with E-state index in [0.717, 1.165) is 0 Å². The van der Waals surface area contributed by atoms with Gasteiger partial charge in [-0.25, -0.2) is 0 Å². The summed E-state index contributed by atoms with van der Waals surface area (Å²) in [5, 5.41) is 7.67. The van der Waals surface area contributed by atoms with Gasteiger partial charge in [-0.05, 0) is 0 Å². The van der Waals surface area contributed by atoms with Gasteiger partial charge in [0.05, 0.1) is 0 Å². The van der Waals surface area contributed by atoms with Crippen molar-refractivity contribution in [3.8, 4) is 6.07 Å². The van der Waals surface area contributed by atoms with E-state index in [-0.39, 0.29) is 87.6 Å². The molecule has 13 heteroatoms. The molecule has 0 aromatic rings. The Bertz CT molecular complexity index is 423. The molecule has 0 saturated carbocycles. The van der Waals surface area contributed by atoms with Crippen molar-refractivity contribution in [1.82, 2.24) is 4.67 Å². The van der Waals surface area contributed by atoms with Gasteiger partial charge in [-0.1, -0.05) is 13.8 Å². The van der Waals surface area contributed by atoms with Crippen molar-refractivity contribution in [3.05, 3.63) is 0 Å². The predicted molar refractivity (Wildman–Crippen MR) is 120 cm³/mol. The van der Waals surface area contributed by atoms with Gasteiger partial charge < -0.3 is 0 Å². The van der Waals surface area contributed by atoms with E-state index in [0.29, 0.717) is 0 Å². The molecule has 0 amide bonds. The summed E-state index contributed by atoms with van der Waals surface area (Å²) in [5.41, 5.74) is 0. The van der Waals surface area contributed by atoms with Gasteiger partial charge in [0.1, 0.15) is 0 Å². The number of nitrogens with zero attached hydrogens (tertiary/aromatic N) is 2. The van der Waals surface area contributed by atoms with Gasteiger partial charge >= 0.3 is 211 Å². The van der Waals surface area contributed by atoms with Crippen molar-refractivity contribution in [3.63, 3.8) is 0 Å². The van der Waals surface area contributed by atoms with Gasteiger partial charge in [0, 0.05) is 0 Å². The molecule has 1 radical (unpaired) electrons. The topological polar surface area (TPSA) is 73.2 Å². The third kappa shape index (κ3) is 16.6. The second kappa shape index (κ2) is 22.2. The van der Waals surface area contributed by atoms with Crippen molar-refractivity contribution in [2.45, 2.75) is 77.6 Å². The first kappa shape index (κ1) is 33.5. The van der Waals surface area contributed by atoms with Gasteiger partial charge in [-0.15, -0.1) is 0 Å². The van der Waals surface area contributed by atoms with Crippen LogP contribution in [0.1, 0.15) is 48.0 Å². The number of rotatable bonds is 16. The van der Waals surface area contributed by atoms with Crippen molar-refractivity contribution >= 4 is 80.8 Å². The van der Waals surface area contributed by atoms with Crippen LogP contribution in [0.5, 0.6) is 0 Å². The molecule has 0 aromatic heterocycles. The van der Waals surface area contributed by atoms with Gasteiger partial charge in [0.25, 0.3) is 0 Å². The molecule has 7 nitrogen and oxygen atoms in total. The maximum atomic E-state index is 13.1. The first-order valence-electron chi connectivity index (χ1n) is 9.24. The molecular formula is C16H31BaF2IN2O5PSe. The van der Waals surface area contributed by atoms with Crippen LogP contribution in [0, 0.1) is 11.3 Å². The number of hydrogen-bond acceptors (Lipinski definition) is 7. The molecule has 0 bridgehead atoms. The van der Waals surface area contributed by atoms with E-state index in [4.69, 9.17) is 23.9 Å². The fourth-order valence-corrected chi connectivity index (χ4v) is 8.29. The quantitative estimate of drug-likeness (QED) is 0.0582. The van der Waals surface area contributed by atoms with Crippen LogP contribution in [0.15, 0.2) is 0 Å². The molecular weight excluding hydrogens is 712 g/mol. The molecule has 0 aliphatic heterocycles. The zero-order chi connectivity index (χ0) is 22.8. The van der Waals surface area contributed by atoms with E-state index < -0.39 is 26.1 Å². The Balaban J connectivity index is 0. The second-order valence-corrected chi connectivity index (χ2v) is 14.7. The van der Waals surface area contributed by atoms with Crippen molar-refractivity contribution in [2.75, 3.05) is 19.8 Å². The predicted octanol–water partition coefficient (Wildman–Crippen LogP) is 4.37. The number of halogens is 3. The molecule has 3 atom stereocenters. The Hall–Kier alpha value is 2.36. The molecule has 169 valence electrons. The summed E-state index contributed by atoms with van der Waals surface area (Å²) in [6, 6.07) is 2.32. The summed E-state index contributed by atoms with van der Waals surface area (Å²) in [7, 11) is -1.47. The standard InChI is InChI=1S/C14H26F2IN2O5PSe.C2H6.Ba/c1-10(2)19(11(3)4)25(21-7-5-6-18)22-9-12(8-20-24-17)23-14(26)13(15)16;1-2;/h10-14,26H,5,7-9H2,1-4H3;1-2H3;/q;;+1/p-1. The number of ether oxygens (including phenoxy) is 1. The molecule has 29 heavy (non-hydrogen) atoms. The molecule has 3 unspecified atom stereocenters. The van der Waals surface area contributed by atoms with E-state index in [1.807, 2.05) is 47.6 Å². The molecule has 0 spiro atoms. The molecule has 0 aliphatic rings. The zero-order valence-corrected chi connectivity index (χ0v) is 27.1. The molecule has 0 heterocycles. The van der Waals surface area contributed by atoms with E-state index >= 15 is 0 Å². The molecule has 0 saturated heterocycles. The average Bonchev–Trinajstić information content (AvgIpc) is 2.67. The summed E-state index contributed by atoms with van der Waals surface area (Å²) in [5.74, 6) is 0. The molecule has 0 N–H and O–H groups in total. The summed E-state index contributed by atoms with van der Waals surface area (Å²) >= 11 is 1.80. The Morgan fingerprint density at radius 3 is 2.14 bits per heavy atom. The Morgan fingerprint density at radius 2 is 1.72 bits per heavy atom. The van der Waals surface area contributed by atoms with Gasteiger partial charge in [0.15, 0.2) is 0 Å². The zero-order valence-electron chi connectivity index (χ0n) is 17.8. The Kier molecular flexibility index (Phi) is 25.6. The monoisotopic (exact) mass is 745 g/mol. The van der Waals surface area contributed by atoms with Gasteiger partial charge in [-0.2, -0.15) is 0 Å². The molecule has 0 fully saturated rings. The number of hydrogen-bond donors (Lipinski definition) is 0. The van der Waals surface area contributed by atoms with Crippen molar-refractivity contribution in [1.29, 1.82) is 5.26 Å². The maximum absolute atomic E-state index is 13.1. The summed E-state index contributed by atoms with van der Waals surface area (Å²) in [6.07, 6.45) is -3.18. The normalized spacial score (nSPS) is 14.6. The molecule has 0 aliphatic carbocycles. The fraction of sp³-hybridized carbons (Fsp3) is 0.938. The van der Waals surface area contributed by atoms with E-state index in [1.54, 1.807) is 23.0 Å². The number of alkyl halides is 2. The summed E-state index contributed by atoms with van der Waals surface area (Å²) in [4.78, 5) is 4.88. The van der Waals surface area contributed by atoms with Crippen LogP contribution in [-0.2, 0) is 21.9 Å². The molecule has 0 aromatic carbocycles. The van der Waals surface area contributed by atoms with Gasteiger partial charge in [0.2, 0.25) is 0 Å². The Morgan fingerprint density at radius 1 is 1.14 bits per heavy atom. The van der Waals surface area contributed by atoms with Crippen molar-refractivity contribution in [2.24, 2.45) is 0 Å². The van der Waals surface area contributed by atoms with Crippen LogP contribution in [-0.4, -0.2) is 103 Å². The fourth-order valence-electron chi connectivity index (χ4n) is 2.05. The first-order valence-corrected chi connectivity index (χ1v) is 22.9. The minimum absolute atomic E-state index is 0.0270. The van der Waals surface area contributed by atoms with E-state index in [1.165, 1.54) is 0 Å². The van der Waals surface area contributed by atoms with Crippen LogP contribution < -0.4 is 0 Å². The van der Waals surface area contributed by atoms with E-state index in [9.17, 15) is 8.78 Å². The van der Waals surface area contributed by atoms with Crippen LogP contribution in [0.25, 0.3) is 0 Å². The van der Waals surface area contributed by atoms with E-state index in [2.05, 4.69) is 7.89 Å². The summed E-state index contributed by atoms with van der Waals surface area (Å²) in [6.45, 7) is 12.3. The third-order valence-electron chi connectivity index (χ3n) is 3.03. The average molecular weight is 744 g/mol. The Labute approximate surface area is 222 Å². The van der Waals surface area contributed by atoms with Gasteiger partial charge in [-0.3, -0.25) is 0 Å².